The topological polar surface area (TPSA) is 101 Å². The van der Waals surface area contributed by atoms with Crippen LogP contribution in [0.5, 0.6) is 0 Å². The van der Waals surface area contributed by atoms with E-state index in [2.05, 4.69) is 15.2 Å². The number of carboxylic acid groups (broad SMARTS) is 1. The van der Waals surface area contributed by atoms with Gasteiger partial charge in [0.15, 0.2) is 5.16 Å². The molecule has 1 fully saturated rings. The lowest BCUT2D eigenvalue weighted by atomic mass is 10.3. The van der Waals surface area contributed by atoms with Gasteiger partial charge in [0, 0.05) is 11.8 Å². The van der Waals surface area contributed by atoms with Gasteiger partial charge in [-0.1, -0.05) is 17.8 Å². The molecule has 3 rings (SSSR count). The molecule has 0 radical (unpaired) electrons. The molecule has 20 heavy (non-hydrogen) atoms. The summed E-state index contributed by atoms with van der Waals surface area (Å²) in [5, 5.41) is 16.0. The van der Waals surface area contributed by atoms with Gasteiger partial charge in [0.1, 0.15) is 5.69 Å². The number of hydrogen-bond acceptors (Lipinski definition) is 5. The van der Waals surface area contributed by atoms with Crippen LogP contribution in [0.3, 0.4) is 0 Å². The van der Waals surface area contributed by atoms with Crippen molar-refractivity contribution >= 4 is 17.7 Å². The monoisotopic (exact) mass is 292 g/mol. The van der Waals surface area contributed by atoms with Gasteiger partial charge in [0.25, 0.3) is 0 Å². The molecular formula is C12H12N4O3S. The number of nitrogens with zero attached hydrogens (tertiary/aromatic N) is 3. The Morgan fingerprint density at radius 1 is 1.50 bits per heavy atom. The van der Waals surface area contributed by atoms with E-state index in [0.717, 1.165) is 12.8 Å². The second kappa shape index (κ2) is 5.12. The molecule has 1 aliphatic carbocycles. The number of pyridine rings is 1. The Kier molecular flexibility index (Phi) is 3.31. The SMILES string of the molecule is O=C(O)c1cccc(CSc2n[nH]c(=O)n2C2CC2)n1. The standard InChI is InChI=1S/C12H12N4O3S/c17-10(18)9-3-1-2-7(13-9)6-20-12-15-14-11(19)16(12)8-4-5-8/h1-3,8H,4-6H2,(H,14,19)(H,17,18). The average Bonchev–Trinajstić information content (AvgIpc) is 3.20. The Morgan fingerprint density at radius 2 is 2.30 bits per heavy atom. The van der Waals surface area contributed by atoms with Gasteiger partial charge in [0.2, 0.25) is 0 Å². The van der Waals surface area contributed by atoms with Gasteiger partial charge in [-0.25, -0.2) is 19.7 Å². The van der Waals surface area contributed by atoms with E-state index in [1.165, 1.54) is 17.8 Å². The maximum Gasteiger partial charge on any atom is 0.354 e. The number of H-pyrrole nitrogens is 1. The first-order valence-corrected chi connectivity index (χ1v) is 7.12. The van der Waals surface area contributed by atoms with Gasteiger partial charge in [0.05, 0.1) is 5.69 Å². The van der Waals surface area contributed by atoms with Crippen LogP contribution in [0, 0.1) is 0 Å². The number of rotatable bonds is 5. The number of aromatic amines is 1. The molecule has 104 valence electrons. The normalized spacial score (nSPS) is 14.4. The third-order valence-electron chi connectivity index (χ3n) is 2.96. The highest BCUT2D eigenvalue weighted by molar-refractivity contribution is 7.98. The Hall–Kier alpha value is -2.09. The lowest BCUT2D eigenvalue weighted by Crippen LogP contribution is -2.16. The van der Waals surface area contributed by atoms with Gasteiger partial charge < -0.3 is 5.11 Å². The van der Waals surface area contributed by atoms with E-state index in [0.29, 0.717) is 16.6 Å². The highest BCUT2D eigenvalue weighted by atomic mass is 32.2. The number of nitrogens with one attached hydrogen (secondary N) is 1. The molecule has 0 saturated heterocycles. The van der Waals surface area contributed by atoms with Crippen LogP contribution in [0.1, 0.15) is 35.1 Å². The summed E-state index contributed by atoms with van der Waals surface area (Å²) in [4.78, 5) is 26.5. The highest BCUT2D eigenvalue weighted by Crippen LogP contribution is 2.36. The van der Waals surface area contributed by atoms with Gasteiger partial charge in [-0.3, -0.25) is 4.57 Å². The molecule has 0 bridgehead atoms. The lowest BCUT2D eigenvalue weighted by molar-refractivity contribution is 0.0690. The molecule has 1 saturated carbocycles. The first kappa shape index (κ1) is 12.9. The number of thioether (sulfide) groups is 1. The van der Waals surface area contributed by atoms with Crippen LogP contribution in [-0.2, 0) is 5.75 Å². The molecule has 0 unspecified atom stereocenters. The summed E-state index contributed by atoms with van der Waals surface area (Å²) in [6, 6.07) is 5.11. The Balaban J connectivity index is 1.75. The molecule has 2 aromatic heterocycles. The largest absolute Gasteiger partial charge is 0.477 e. The van der Waals surface area contributed by atoms with E-state index >= 15 is 0 Å². The van der Waals surface area contributed by atoms with Crippen molar-refractivity contribution in [3.63, 3.8) is 0 Å². The van der Waals surface area contributed by atoms with Crippen LogP contribution in [0.2, 0.25) is 0 Å². The second-order valence-electron chi connectivity index (χ2n) is 4.52. The number of aromatic carboxylic acids is 1. The van der Waals surface area contributed by atoms with Crippen molar-refractivity contribution < 1.29 is 9.90 Å². The maximum absolute atomic E-state index is 11.6. The third kappa shape index (κ3) is 2.60. The van der Waals surface area contributed by atoms with Crippen molar-refractivity contribution in [2.45, 2.75) is 29.8 Å². The van der Waals surface area contributed by atoms with Gasteiger partial charge in [-0.05, 0) is 25.0 Å². The summed E-state index contributed by atoms with van der Waals surface area (Å²) >= 11 is 1.37. The van der Waals surface area contributed by atoms with Crippen LogP contribution in [0.25, 0.3) is 0 Å². The molecule has 0 amide bonds. The molecule has 0 atom stereocenters. The summed E-state index contributed by atoms with van der Waals surface area (Å²) in [7, 11) is 0. The molecule has 2 heterocycles. The summed E-state index contributed by atoms with van der Waals surface area (Å²) in [5.41, 5.74) is 0.472. The summed E-state index contributed by atoms with van der Waals surface area (Å²) in [6.07, 6.45) is 2.00. The zero-order chi connectivity index (χ0) is 14.1. The van der Waals surface area contributed by atoms with Crippen molar-refractivity contribution in [1.29, 1.82) is 0 Å². The van der Waals surface area contributed by atoms with Gasteiger partial charge in [-0.2, -0.15) is 0 Å². The first-order chi connectivity index (χ1) is 9.65. The molecule has 0 aliphatic heterocycles. The molecule has 8 heteroatoms. The Labute approximate surface area is 118 Å². The number of aromatic nitrogens is 4. The molecule has 7 nitrogen and oxygen atoms in total. The molecule has 0 aromatic carbocycles. The third-order valence-corrected chi connectivity index (χ3v) is 3.95. The van der Waals surface area contributed by atoms with Gasteiger partial charge >= 0.3 is 11.7 Å². The zero-order valence-corrected chi connectivity index (χ0v) is 11.3. The minimum atomic E-state index is -1.05. The molecule has 2 N–H and O–H groups in total. The van der Waals surface area contributed by atoms with Crippen molar-refractivity contribution in [3.8, 4) is 0 Å². The van der Waals surface area contributed by atoms with Crippen LogP contribution in [0.15, 0.2) is 28.2 Å². The van der Waals surface area contributed by atoms with Crippen LogP contribution < -0.4 is 5.69 Å². The van der Waals surface area contributed by atoms with Crippen LogP contribution >= 0.6 is 11.8 Å². The fraction of sp³-hybridized carbons (Fsp3) is 0.333. The minimum absolute atomic E-state index is 0.0183. The molecule has 1 aliphatic rings. The second-order valence-corrected chi connectivity index (χ2v) is 5.46. The smallest absolute Gasteiger partial charge is 0.354 e. The summed E-state index contributed by atoms with van der Waals surface area (Å²) in [6.45, 7) is 0. The number of carbonyl (C=O) groups is 1. The fourth-order valence-electron chi connectivity index (χ4n) is 1.86. The average molecular weight is 292 g/mol. The predicted octanol–water partition coefficient (Wildman–Crippen LogP) is 1.29. The van der Waals surface area contributed by atoms with E-state index < -0.39 is 5.97 Å². The molecular weight excluding hydrogens is 280 g/mol. The van der Waals surface area contributed by atoms with E-state index in [1.807, 2.05) is 0 Å². The van der Waals surface area contributed by atoms with E-state index in [9.17, 15) is 9.59 Å². The zero-order valence-electron chi connectivity index (χ0n) is 10.4. The quantitative estimate of drug-likeness (QED) is 0.805. The number of carboxylic acids is 1. The van der Waals surface area contributed by atoms with E-state index in [-0.39, 0.29) is 17.4 Å². The Bertz CT molecular complexity index is 705. The number of hydrogen-bond donors (Lipinski definition) is 2. The summed E-state index contributed by atoms with van der Waals surface area (Å²) < 4.78 is 1.66. The van der Waals surface area contributed by atoms with Crippen molar-refractivity contribution in [3.05, 3.63) is 40.1 Å². The maximum atomic E-state index is 11.6. The fourth-order valence-corrected chi connectivity index (χ4v) is 2.78. The highest BCUT2D eigenvalue weighted by Gasteiger charge is 2.28. The van der Waals surface area contributed by atoms with E-state index in [1.54, 1.807) is 16.7 Å². The first-order valence-electron chi connectivity index (χ1n) is 6.14. The van der Waals surface area contributed by atoms with E-state index in [4.69, 9.17) is 5.11 Å². The lowest BCUT2D eigenvalue weighted by Gasteiger charge is -2.03. The van der Waals surface area contributed by atoms with Crippen molar-refractivity contribution in [2.24, 2.45) is 0 Å². The predicted molar refractivity (Wildman–Crippen MR) is 71.9 cm³/mol. The van der Waals surface area contributed by atoms with Gasteiger partial charge in [-0.15, -0.1) is 5.10 Å². The minimum Gasteiger partial charge on any atom is -0.477 e. The van der Waals surface area contributed by atoms with Crippen molar-refractivity contribution in [1.82, 2.24) is 19.7 Å². The van der Waals surface area contributed by atoms with Crippen LogP contribution in [-0.4, -0.2) is 30.8 Å². The molecule has 2 aromatic rings. The summed E-state index contributed by atoms with van der Waals surface area (Å²) in [5.74, 6) is -0.579. The van der Waals surface area contributed by atoms with Crippen LogP contribution in [0.4, 0.5) is 0 Å². The molecule has 0 spiro atoms. The van der Waals surface area contributed by atoms with Crippen molar-refractivity contribution in [2.75, 3.05) is 0 Å². The Morgan fingerprint density at radius 3 is 3.00 bits per heavy atom.